The highest BCUT2D eigenvalue weighted by Gasteiger charge is 2.11. The third-order valence-corrected chi connectivity index (χ3v) is 1.60. The summed E-state index contributed by atoms with van der Waals surface area (Å²) >= 11 is 0. The molecule has 1 aromatic rings. The minimum atomic E-state index is 0.576. The predicted molar refractivity (Wildman–Crippen MR) is 46.1 cm³/mol. The van der Waals surface area contributed by atoms with Gasteiger partial charge in [-0.3, -0.25) is 0 Å². The van der Waals surface area contributed by atoms with Crippen molar-refractivity contribution >= 4 is 11.9 Å². The van der Waals surface area contributed by atoms with Crippen LogP contribution >= 0.6 is 0 Å². The van der Waals surface area contributed by atoms with Crippen LogP contribution in [0.2, 0.25) is 0 Å². The molecule has 0 atom stereocenters. The highest BCUT2D eigenvalue weighted by molar-refractivity contribution is 5.52. The third kappa shape index (κ3) is 1.11. The first kappa shape index (κ1) is 7.09. The molecule has 0 unspecified atom stereocenters. The van der Waals surface area contributed by atoms with E-state index < -0.39 is 0 Å². The molecule has 2 rings (SSSR count). The van der Waals surface area contributed by atoms with Crippen LogP contribution in [0.1, 0.15) is 5.69 Å². The Morgan fingerprint density at radius 1 is 1.67 bits per heavy atom. The lowest BCUT2D eigenvalue weighted by Crippen LogP contribution is -2.20. The number of fused-ring (bicyclic) bond motifs is 1. The van der Waals surface area contributed by atoms with Gasteiger partial charge in [0.25, 0.3) is 5.88 Å². The molecule has 0 radical (unpaired) electrons. The Morgan fingerprint density at radius 3 is 3.42 bits per heavy atom. The molecule has 62 valence electrons. The van der Waals surface area contributed by atoms with E-state index in [1.807, 2.05) is 0 Å². The van der Waals surface area contributed by atoms with Crippen molar-refractivity contribution in [2.45, 2.75) is 0 Å². The van der Waals surface area contributed by atoms with E-state index >= 15 is 0 Å². The minimum absolute atomic E-state index is 0.576. The van der Waals surface area contributed by atoms with Crippen molar-refractivity contribution in [3.8, 4) is 5.88 Å². The van der Waals surface area contributed by atoms with Gasteiger partial charge in [0.15, 0.2) is 5.82 Å². The molecule has 1 N–H and O–H groups in total. The Morgan fingerprint density at radius 2 is 2.58 bits per heavy atom. The van der Waals surface area contributed by atoms with Crippen LogP contribution in [0.25, 0.3) is 6.08 Å². The Kier molecular flexibility index (Phi) is 1.66. The number of hydrogen-bond acceptors (Lipinski definition) is 4. The molecule has 0 saturated carbocycles. The Hall–Kier alpha value is -1.58. The van der Waals surface area contributed by atoms with Crippen molar-refractivity contribution in [2.24, 2.45) is 0 Å². The van der Waals surface area contributed by atoms with Crippen LogP contribution in [0.3, 0.4) is 0 Å². The second-order valence-corrected chi connectivity index (χ2v) is 2.43. The first-order valence-corrected chi connectivity index (χ1v) is 3.76. The molecular weight excluding hydrogens is 154 g/mol. The molecule has 0 fully saturated rings. The Balaban J connectivity index is 2.42. The maximum absolute atomic E-state index is 5.25. The van der Waals surface area contributed by atoms with Gasteiger partial charge in [-0.2, -0.15) is 0 Å². The van der Waals surface area contributed by atoms with Gasteiger partial charge in [0.1, 0.15) is 6.61 Å². The standard InChI is InChI=1S/C8H9N3O/c1-2-6-5-10-8-7(11-6)9-3-4-12-8/h2,5H,1,3-4H2,(H,9,11). The zero-order valence-corrected chi connectivity index (χ0v) is 6.58. The van der Waals surface area contributed by atoms with Crippen LogP contribution in [0, 0.1) is 0 Å². The average Bonchev–Trinajstić information content (AvgIpc) is 2.17. The van der Waals surface area contributed by atoms with Gasteiger partial charge in [-0.15, -0.1) is 0 Å². The maximum Gasteiger partial charge on any atom is 0.257 e. The quantitative estimate of drug-likeness (QED) is 0.668. The largest absolute Gasteiger partial charge is 0.473 e. The van der Waals surface area contributed by atoms with Crippen molar-refractivity contribution < 1.29 is 4.74 Å². The number of nitrogens with zero attached hydrogens (tertiary/aromatic N) is 2. The summed E-state index contributed by atoms with van der Waals surface area (Å²) in [7, 11) is 0. The van der Waals surface area contributed by atoms with Gasteiger partial charge in [-0.05, 0) is 6.08 Å². The average molecular weight is 163 g/mol. The fourth-order valence-electron chi connectivity index (χ4n) is 1.03. The number of aromatic nitrogens is 2. The molecule has 0 aromatic carbocycles. The van der Waals surface area contributed by atoms with Crippen LogP contribution in [-0.2, 0) is 0 Å². The molecule has 0 saturated heterocycles. The van der Waals surface area contributed by atoms with Crippen molar-refractivity contribution in [3.05, 3.63) is 18.5 Å². The van der Waals surface area contributed by atoms with Gasteiger partial charge < -0.3 is 10.1 Å². The SMILES string of the molecule is C=Cc1cnc2c(n1)NCCO2. The Bertz CT molecular complexity index is 311. The normalized spacial score (nSPS) is 14.0. The van der Waals surface area contributed by atoms with Gasteiger partial charge in [0, 0.05) is 0 Å². The van der Waals surface area contributed by atoms with E-state index in [0.717, 1.165) is 12.2 Å². The molecule has 0 bridgehead atoms. The minimum Gasteiger partial charge on any atom is -0.473 e. The van der Waals surface area contributed by atoms with Crippen LogP contribution in [0.4, 0.5) is 5.82 Å². The van der Waals surface area contributed by atoms with Crippen molar-refractivity contribution in [1.29, 1.82) is 0 Å². The maximum atomic E-state index is 5.25. The molecule has 4 nitrogen and oxygen atoms in total. The second-order valence-electron chi connectivity index (χ2n) is 2.43. The van der Waals surface area contributed by atoms with Gasteiger partial charge in [-0.25, -0.2) is 9.97 Å². The number of rotatable bonds is 1. The highest BCUT2D eigenvalue weighted by atomic mass is 16.5. The van der Waals surface area contributed by atoms with E-state index in [-0.39, 0.29) is 0 Å². The molecule has 1 aliphatic heterocycles. The smallest absolute Gasteiger partial charge is 0.257 e. The fourth-order valence-corrected chi connectivity index (χ4v) is 1.03. The molecule has 0 spiro atoms. The highest BCUT2D eigenvalue weighted by Crippen LogP contribution is 2.21. The third-order valence-electron chi connectivity index (χ3n) is 1.60. The van der Waals surface area contributed by atoms with Gasteiger partial charge in [0.2, 0.25) is 0 Å². The van der Waals surface area contributed by atoms with Crippen molar-refractivity contribution in [2.75, 3.05) is 18.5 Å². The number of ether oxygens (including phenoxy) is 1. The van der Waals surface area contributed by atoms with Gasteiger partial charge in [0.05, 0.1) is 18.4 Å². The fraction of sp³-hybridized carbons (Fsp3) is 0.250. The number of anilines is 1. The molecule has 0 amide bonds. The van der Waals surface area contributed by atoms with Gasteiger partial charge in [-0.1, -0.05) is 6.58 Å². The molecule has 1 aromatic heterocycles. The number of hydrogen-bond donors (Lipinski definition) is 1. The van der Waals surface area contributed by atoms with E-state index in [0.29, 0.717) is 18.3 Å². The topological polar surface area (TPSA) is 47.0 Å². The molecule has 12 heavy (non-hydrogen) atoms. The molecule has 2 heterocycles. The van der Waals surface area contributed by atoms with Crippen molar-refractivity contribution in [3.63, 3.8) is 0 Å². The van der Waals surface area contributed by atoms with E-state index in [2.05, 4.69) is 21.9 Å². The first-order valence-electron chi connectivity index (χ1n) is 3.76. The second kappa shape index (κ2) is 2.81. The number of nitrogens with one attached hydrogen (secondary N) is 1. The summed E-state index contributed by atoms with van der Waals surface area (Å²) in [4.78, 5) is 8.29. The van der Waals surface area contributed by atoms with E-state index in [4.69, 9.17) is 4.74 Å². The van der Waals surface area contributed by atoms with E-state index in [1.54, 1.807) is 12.3 Å². The lowest BCUT2D eigenvalue weighted by atomic mass is 10.4. The zero-order chi connectivity index (χ0) is 8.39. The summed E-state index contributed by atoms with van der Waals surface area (Å²) in [5.41, 5.74) is 0.756. The summed E-state index contributed by atoms with van der Waals surface area (Å²) in [5.74, 6) is 1.28. The zero-order valence-electron chi connectivity index (χ0n) is 6.58. The summed E-state index contributed by atoms with van der Waals surface area (Å²) < 4.78 is 5.25. The van der Waals surface area contributed by atoms with Crippen LogP contribution < -0.4 is 10.1 Å². The van der Waals surface area contributed by atoms with Crippen molar-refractivity contribution in [1.82, 2.24) is 9.97 Å². The van der Waals surface area contributed by atoms with Gasteiger partial charge >= 0.3 is 0 Å². The lowest BCUT2D eigenvalue weighted by molar-refractivity contribution is 0.308. The molecule has 0 aliphatic carbocycles. The van der Waals surface area contributed by atoms with E-state index in [9.17, 15) is 0 Å². The van der Waals surface area contributed by atoms with Crippen LogP contribution in [0.15, 0.2) is 12.8 Å². The summed E-state index contributed by atoms with van der Waals surface area (Å²) in [6.45, 7) is 5.04. The van der Waals surface area contributed by atoms with Crippen LogP contribution in [0.5, 0.6) is 5.88 Å². The summed E-state index contributed by atoms with van der Waals surface area (Å²) in [6, 6.07) is 0. The summed E-state index contributed by atoms with van der Waals surface area (Å²) in [6.07, 6.45) is 3.29. The van der Waals surface area contributed by atoms with E-state index in [1.165, 1.54) is 0 Å². The Labute approximate surface area is 70.3 Å². The monoisotopic (exact) mass is 163 g/mol. The van der Waals surface area contributed by atoms with Crippen LogP contribution in [-0.4, -0.2) is 23.1 Å². The molecule has 4 heteroatoms. The first-order chi connectivity index (χ1) is 5.90. The molecular formula is C8H9N3O. The molecule has 1 aliphatic rings. The predicted octanol–water partition coefficient (Wildman–Crippen LogP) is 0.924. The lowest BCUT2D eigenvalue weighted by Gasteiger charge is -2.16. The summed E-state index contributed by atoms with van der Waals surface area (Å²) in [5, 5.41) is 3.09.